The van der Waals surface area contributed by atoms with Crippen LogP contribution in [0.3, 0.4) is 0 Å². The van der Waals surface area contributed by atoms with Gasteiger partial charge < -0.3 is 14.8 Å². The Balaban J connectivity index is 1.76. The molecule has 1 aromatic rings. The summed E-state index contributed by atoms with van der Waals surface area (Å²) < 4.78 is 36.0. The van der Waals surface area contributed by atoms with Crippen LogP contribution in [0, 0.1) is 0 Å². The van der Waals surface area contributed by atoms with Gasteiger partial charge in [0, 0.05) is 32.6 Å². The lowest BCUT2D eigenvalue weighted by molar-refractivity contribution is -0.121. The largest absolute Gasteiger partial charge is 0.495 e. The van der Waals surface area contributed by atoms with E-state index in [4.69, 9.17) is 21.1 Å². The smallest absolute Gasteiger partial charge is 0.232 e. The van der Waals surface area contributed by atoms with E-state index in [1.54, 1.807) is 18.2 Å². The van der Waals surface area contributed by atoms with Crippen LogP contribution in [-0.4, -0.2) is 78.5 Å². The predicted molar refractivity (Wildman–Crippen MR) is 114 cm³/mol. The summed E-state index contributed by atoms with van der Waals surface area (Å²) in [4.78, 5) is 14.4. The lowest BCUT2D eigenvalue weighted by Crippen LogP contribution is -2.38. The second kappa shape index (κ2) is 11.6. The van der Waals surface area contributed by atoms with Crippen LogP contribution in [0.2, 0.25) is 5.02 Å². The summed E-state index contributed by atoms with van der Waals surface area (Å²) in [5.74, 6) is 0.397. The van der Waals surface area contributed by atoms with Gasteiger partial charge in [0.05, 0.1) is 37.3 Å². The van der Waals surface area contributed by atoms with Crippen LogP contribution in [0.4, 0.5) is 5.69 Å². The molecule has 0 bridgehead atoms. The van der Waals surface area contributed by atoms with E-state index in [1.165, 1.54) is 11.4 Å². The third-order valence-electron chi connectivity index (χ3n) is 4.67. The molecule has 10 heteroatoms. The van der Waals surface area contributed by atoms with E-state index < -0.39 is 10.0 Å². The van der Waals surface area contributed by atoms with Crippen LogP contribution in [0.1, 0.15) is 19.3 Å². The highest BCUT2D eigenvalue weighted by molar-refractivity contribution is 7.92. The van der Waals surface area contributed by atoms with Gasteiger partial charge in [-0.3, -0.25) is 14.0 Å². The van der Waals surface area contributed by atoms with Gasteiger partial charge in [0.15, 0.2) is 0 Å². The molecule has 1 amide bonds. The van der Waals surface area contributed by atoms with Gasteiger partial charge in [-0.2, -0.15) is 0 Å². The van der Waals surface area contributed by atoms with E-state index in [1.807, 2.05) is 0 Å². The molecule has 0 aliphatic carbocycles. The highest BCUT2D eigenvalue weighted by Crippen LogP contribution is 2.30. The normalized spacial score (nSPS) is 15.1. The zero-order valence-electron chi connectivity index (χ0n) is 17.0. The summed E-state index contributed by atoms with van der Waals surface area (Å²) in [6.45, 7) is 5.15. The second-order valence-corrected chi connectivity index (χ2v) is 9.23. The summed E-state index contributed by atoms with van der Waals surface area (Å²) >= 11 is 6.11. The van der Waals surface area contributed by atoms with Crippen molar-refractivity contribution in [3.63, 3.8) is 0 Å². The van der Waals surface area contributed by atoms with Crippen molar-refractivity contribution in [1.29, 1.82) is 0 Å². The number of rotatable bonds is 11. The zero-order valence-corrected chi connectivity index (χ0v) is 18.6. The minimum absolute atomic E-state index is 0.0757. The number of nitrogens with zero attached hydrogens (tertiary/aromatic N) is 2. The van der Waals surface area contributed by atoms with Crippen LogP contribution in [0.15, 0.2) is 18.2 Å². The Labute approximate surface area is 178 Å². The number of ether oxygens (including phenoxy) is 2. The average Bonchev–Trinajstić information content (AvgIpc) is 2.68. The Bertz CT molecular complexity index is 769. The molecule has 1 N–H and O–H groups in total. The van der Waals surface area contributed by atoms with Gasteiger partial charge in [-0.15, -0.1) is 0 Å². The molecule has 0 unspecified atom stereocenters. The van der Waals surface area contributed by atoms with Crippen molar-refractivity contribution in [2.24, 2.45) is 0 Å². The van der Waals surface area contributed by atoms with E-state index in [0.717, 1.165) is 45.5 Å². The van der Waals surface area contributed by atoms with Gasteiger partial charge in [-0.25, -0.2) is 8.42 Å². The topological polar surface area (TPSA) is 88.2 Å². The van der Waals surface area contributed by atoms with Crippen LogP contribution >= 0.6 is 11.6 Å². The molecular weight excluding hydrogens is 418 g/mol. The van der Waals surface area contributed by atoms with Crippen LogP contribution in [0.25, 0.3) is 0 Å². The molecule has 0 radical (unpaired) electrons. The fraction of sp³-hybridized carbons (Fsp3) is 0.632. The van der Waals surface area contributed by atoms with Gasteiger partial charge in [0.1, 0.15) is 5.75 Å². The Hall–Kier alpha value is -1.55. The number of hydrogen-bond acceptors (Lipinski definition) is 6. The van der Waals surface area contributed by atoms with Crippen molar-refractivity contribution in [1.82, 2.24) is 10.2 Å². The molecule has 164 valence electrons. The second-order valence-electron chi connectivity index (χ2n) is 6.92. The van der Waals surface area contributed by atoms with E-state index >= 15 is 0 Å². The molecule has 1 aromatic carbocycles. The maximum Gasteiger partial charge on any atom is 0.232 e. The maximum atomic E-state index is 12.2. The van der Waals surface area contributed by atoms with Gasteiger partial charge in [0.2, 0.25) is 15.9 Å². The molecule has 1 saturated heterocycles. The molecule has 2 rings (SSSR count). The first-order valence-electron chi connectivity index (χ1n) is 9.69. The van der Waals surface area contributed by atoms with E-state index in [2.05, 4.69) is 10.2 Å². The molecule has 0 aromatic heterocycles. The van der Waals surface area contributed by atoms with Gasteiger partial charge in [-0.05, 0) is 37.6 Å². The SMILES string of the molecule is COc1ccc(N(CCCC(=O)NCCCN2CCOCC2)S(C)(=O)=O)cc1Cl. The summed E-state index contributed by atoms with van der Waals surface area (Å²) in [7, 11) is -2.00. The number of morpholine rings is 1. The Morgan fingerprint density at radius 3 is 2.66 bits per heavy atom. The fourth-order valence-electron chi connectivity index (χ4n) is 3.12. The molecule has 29 heavy (non-hydrogen) atoms. The lowest BCUT2D eigenvalue weighted by Gasteiger charge is -2.26. The van der Waals surface area contributed by atoms with Crippen LogP contribution in [0.5, 0.6) is 5.75 Å². The maximum absolute atomic E-state index is 12.2. The van der Waals surface area contributed by atoms with E-state index in [0.29, 0.717) is 29.4 Å². The molecule has 8 nitrogen and oxygen atoms in total. The number of methoxy groups -OCH3 is 1. The number of carbonyl (C=O) groups is 1. The number of amides is 1. The Morgan fingerprint density at radius 1 is 1.31 bits per heavy atom. The quantitative estimate of drug-likeness (QED) is 0.520. The van der Waals surface area contributed by atoms with Crippen LogP contribution < -0.4 is 14.4 Å². The molecule has 0 spiro atoms. The standard InChI is InChI=1S/C19H30ClN3O5S/c1-27-18-7-6-16(15-17(18)20)23(29(2,25)26)10-3-5-19(24)21-8-4-9-22-11-13-28-14-12-22/h6-7,15H,3-5,8-14H2,1-2H3,(H,21,24). The predicted octanol–water partition coefficient (Wildman–Crippen LogP) is 1.73. The summed E-state index contributed by atoms with van der Waals surface area (Å²) in [5, 5.41) is 3.23. The number of nitrogens with one attached hydrogen (secondary N) is 1. The number of hydrogen-bond donors (Lipinski definition) is 1. The minimum Gasteiger partial charge on any atom is -0.495 e. The third kappa shape index (κ3) is 8.00. The molecule has 1 aliphatic heterocycles. The number of halogens is 1. The van der Waals surface area contributed by atoms with Gasteiger partial charge in [-0.1, -0.05) is 11.6 Å². The third-order valence-corrected chi connectivity index (χ3v) is 6.16. The monoisotopic (exact) mass is 447 g/mol. The van der Waals surface area contributed by atoms with Crippen LogP contribution in [-0.2, 0) is 19.6 Å². The number of anilines is 1. The van der Waals surface area contributed by atoms with Crippen molar-refractivity contribution < 1.29 is 22.7 Å². The zero-order chi connectivity index (χ0) is 21.3. The van der Waals surface area contributed by atoms with Crippen molar-refractivity contribution in [2.45, 2.75) is 19.3 Å². The number of benzene rings is 1. The lowest BCUT2D eigenvalue weighted by atomic mass is 10.2. The first kappa shape index (κ1) is 23.7. The van der Waals surface area contributed by atoms with Crippen molar-refractivity contribution in [2.75, 3.05) is 63.6 Å². The van der Waals surface area contributed by atoms with Crippen molar-refractivity contribution >= 4 is 33.2 Å². The summed E-state index contributed by atoms with van der Waals surface area (Å²) in [6.07, 6.45) is 2.68. The van der Waals surface area contributed by atoms with Gasteiger partial charge in [0.25, 0.3) is 0 Å². The molecule has 0 atom stereocenters. The minimum atomic E-state index is -3.50. The molecule has 1 aliphatic rings. The van der Waals surface area contributed by atoms with E-state index in [9.17, 15) is 13.2 Å². The summed E-state index contributed by atoms with van der Waals surface area (Å²) in [5.41, 5.74) is 0.448. The highest BCUT2D eigenvalue weighted by atomic mass is 35.5. The van der Waals surface area contributed by atoms with Crippen molar-refractivity contribution in [3.8, 4) is 5.75 Å². The Kier molecular flexibility index (Phi) is 9.48. The molecular formula is C19H30ClN3O5S. The molecule has 0 saturated carbocycles. The molecule has 1 heterocycles. The number of carbonyl (C=O) groups excluding carboxylic acids is 1. The summed E-state index contributed by atoms with van der Waals surface area (Å²) in [6, 6.07) is 4.81. The molecule has 1 fully saturated rings. The first-order chi connectivity index (χ1) is 13.8. The number of sulfonamides is 1. The first-order valence-corrected chi connectivity index (χ1v) is 11.9. The van der Waals surface area contributed by atoms with E-state index in [-0.39, 0.29) is 18.9 Å². The van der Waals surface area contributed by atoms with Crippen molar-refractivity contribution in [3.05, 3.63) is 23.2 Å². The highest BCUT2D eigenvalue weighted by Gasteiger charge is 2.19. The average molecular weight is 448 g/mol. The fourth-order valence-corrected chi connectivity index (χ4v) is 4.33. The Morgan fingerprint density at radius 2 is 2.03 bits per heavy atom. The van der Waals surface area contributed by atoms with Gasteiger partial charge >= 0.3 is 0 Å².